The molecule has 3 rings (SSSR count). The topological polar surface area (TPSA) is 39.1 Å². The summed E-state index contributed by atoms with van der Waals surface area (Å²) in [5, 5.41) is 1.75. The minimum atomic E-state index is -0.524. The lowest BCUT2D eigenvalue weighted by Crippen LogP contribution is -2.00. The molecule has 0 fully saturated rings. The number of aromatic nitrogens is 1. The fourth-order valence-electron chi connectivity index (χ4n) is 2.47. The van der Waals surface area contributed by atoms with Gasteiger partial charge >= 0.3 is 0 Å². The summed E-state index contributed by atoms with van der Waals surface area (Å²) in [5.41, 5.74) is 2.25. The van der Waals surface area contributed by atoms with E-state index in [2.05, 4.69) is 0 Å². The molecule has 0 amide bonds. The lowest BCUT2D eigenvalue weighted by molar-refractivity contribution is -0.104. The van der Waals surface area contributed by atoms with Gasteiger partial charge in [0.05, 0.1) is 15.6 Å². The molecule has 3 aromatic rings. The molecule has 0 atom stereocenters. The third-order valence-electron chi connectivity index (χ3n) is 3.50. The Kier molecular flexibility index (Phi) is 4.01. The number of halogens is 2. The van der Waals surface area contributed by atoms with E-state index < -0.39 is 5.78 Å². The molecular weight excluding hydrogens is 321 g/mol. The summed E-state index contributed by atoms with van der Waals surface area (Å²) in [6, 6.07) is 12.9. The monoisotopic (exact) mass is 331 g/mol. The van der Waals surface area contributed by atoms with Crippen LogP contribution in [0.1, 0.15) is 15.9 Å². The van der Waals surface area contributed by atoms with Crippen molar-refractivity contribution in [3.05, 3.63) is 69.8 Å². The van der Waals surface area contributed by atoms with Crippen molar-refractivity contribution in [1.82, 2.24) is 4.57 Å². The van der Waals surface area contributed by atoms with Gasteiger partial charge in [0.1, 0.15) is 0 Å². The molecule has 0 aliphatic carbocycles. The zero-order valence-corrected chi connectivity index (χ0v) is 12.9. The number of ketones is 1. The van der Waals surface area contributed by atoms with E-state index >= 15 is 0 Å². The van der Waals surface area contributed by atoms with Gasteiger partial charge in [0, 0.05) is 23.6 Å². The number of hydrogen-bond donors (Lipinski definition) is 0. The molecule has 0 unspecified atom stereocenters. The maximum absolute atomic E-state index is 11.8. The van der Waals surface area contributed by atoms with Crippen LogP contribution in [-0.2, 0) is 11.3 Å². The average Bonchev–Trinajstić information content (AvgIpc) is 2.89. The number of Topliss-reactive ketones (excluding diaryl/α,β-unsaturated/α-hetero) is 1. The third kappa shape index (κ3) is 2.65. The Balaban J connectivity index is 2.08. The normalized spacial score (nSPS) is 10.8. The molecule has 110 valence electrons. The number of hydrogen-bond acceptors (Lipinski definition) is 2. The highest BCUT2D eigenvalue weighted by Crippen LogP contribution is 2.26. The standard InChI is InChI=1S/C17H11Cl2NO2/c18-14-6-5-11(7-15(14)19)8-20-9-13(17(22)10-21)12-3-1-2-4-16(12)20/h1-7,9-10H,8H2. The molecule has 0 saturated carbocycles. The SMILES string of the molecule is O=CC(=O)c1cn(Cc2ccc(Cl)c(Cl)c2)c2ccccc12. The predicted octanol–water partition coefficient (Wildman–Crippen LogP) is 4.38. The second-order valence-electron chi connectivity index (χ2n) is 4.92. The van der Waals surface area contributed by atoms with Crippen LogP contribution in [0.25, 0.3) is 10.9 Å². The molecule has 0 aliphatic rings. The van der Waals surface area contributed by atoms with Gasteiger partial charge in [0.25, 0.3) is 0 Å². The summed E-state index contributed by atoms with van der Waals surface area (Å²) >= 11 is 12.0. The number of benzene rings is 2. The first-order valence-electron chi connectivity index (χ1n) is 6.61. The summed E-state index contributed by atoms with van der Waals surface area (Å²) in [6.07, 6.45) is 2.04. The first kappa shape index (κ1) is 14.8. The van der Waals surface area contributed by atoms with Gasteiger partial charge in [-0.05, 0) is 23.8 Å². The summed E-state index contributed by atoms with van der Waals surface area (Å²) in [7, 11) is 0. The highest BCUT2D eigenvalue weighted by Gasteiger charge is 2.14. The van der Waals surface area contributed by atoms with E-state index in [4.69, 9.17) is 23.2 Å². The fraction of sp³-hybridized carbons (Fsp3) is 0.0588. The van der Waals surface area contributed by atoms with Gasteiger partial charge in [-0.3, -0.25) is 9.59 Å². The Labute approximate surface area is 137 Å². The molecule has 3 nitrogen and oxygen atoms in total. The molecule has 5 heteroatoms. The van der Waals surface area contributed by atoms with Crippen molar-refractivity contribution in [2.24, 2.45) is 0 Å². The highest BCUT2D eigenvalue weighted by molar-refractivity contribution is 6.42. The largest absolute Gasteiger partial charge is 0.342 e. The smallest absolute Gasteiger partial charge is 0.227 e. The van der Waals surface area contributed by atoms with Gasteiger partial charge in [-0.25, -0.2) is 0 Å². The van der Waals surface area contributed by atoms with Crippen LogP contribution < -0.4 is 0 Å². The van der Waals surface area contributed by atoms with E-state index in [0.29, 0.717) is 28.4 Å². The van der Waals surface area contributed by atoms with Crippen molar-refractivity contribution < 1.29 is 9.59 Å². The van der Waals surface area contributed by atoms with Crippen LogP contribution in [0.3, 0.4) is 0 Å². The van der Waals surface area contributed by atoms with Crippen molar-refractivity contribution in [3.63, 3.8) is 0 Å². The molecule has 0 radical (unpaired) electrons. The number of rotatable bonds is 4. The minimum absolute atomic E-state index is 0.339. The van der Waals surface area contributed by atoms with Crippen LogP contribution in [-0.4, -0.2) is 16.6 Å². The number of nitrogens with zero attached hydrogens (tertiary/aromatic N) is 1. The second kappa shape index (κ2) is 5.95. The van der Waals surface area contributed by atoms with Crippen molar-refractivity contribution in [2.45, 2.75) is 6.54 Å². The van der Waals surface area contributed by atoms with Crippen LogP contribution in [0, 0.1) is 0 Å². The number of carbonyl (C=O) groups excluding carboxylic acids is 2. The lowest BCUT2D eigenvalue weighted by atomic mass is 10.1. The second-order valence-corrected chi connectivity index (χ2v) is 5.73. The molecule has 0 aliphatic heterocycles. The first-order valence-corrected chi connectivity index (χ1v) is 7.37. The van der Waals surface area contributed by atoms with E-state index in [1.54, 1.807) is 18.3 Å². The van der Waals surface area contributed by atoms with E-state index in [9.17, 15) is 9.59 Å². The van der Waals surface area contributed by atoms with Crippen molar-refractivity contribution in [3.8, 4) is 0 Å². The van der Waals surface area contributed by atoms with Crippen LogP contribution in [0.4, 0.5) is 0 Å². The maximum atomic E-state index is 11.8. The number of para-hydroxylation sites is 1. The average molecular weight is 332 g/mol. The number of carbonyl (C=O) groups is 2. The van der Waals surface area contributed by atoms with E-state index in [-0.39, 0.29) is 0 Å². The molecule has 1 aromatic heterocycles. The predicted molar refractivity (Wildman–Crippen MR) is 87.9 cm³/mol. The number of aldehydes is 1. The van der Waals surface area contributed by atoms with Gasteiger partial charge < -0.3 is 4.57 Å². The summed E-state index contributed by atoms with van der Waals surface area (Å²) in [5.74, 6) is -0.524. The molecule has 1 heterocycles. The van der Waals surface area contributed by atoms with Crippen molar-refractivity contribution in [2.75, 3.05) is 0 Å². The van der Waals surface area contributed by atoms with Gasteiger partial charge in [-0.1, -0.05) is 47.5 Å². The van der Waals surface area contributed by atoms with E-state index in [0.717, 1.165) is 16.5 Å². The van der Waals surface area contributed by atoms with Gasteiger partial charge in [-0.15, -0.1) is 0 Å². The van der Waals surface area contributed by atoms with E-state index in [1.165, 1.54) is 0 Å². The van der Waals surface area contributed by atoms with Crippen LogP contribution in [0.2, 0.25) is 10.0 Å². The fourth-order valence-corrected chi connectivity index (χ4v) is 2.79. The minimum Gasteiger partial charge on any atom is -0.342 e. The molecule has 0 saturated heterocycles. The number of fused-ring (bicyclic) bond motifs is 1. The molecule has 0 bridgehead atoms. The molecule has 2 aromatic carbocycles. The Morgan fingerprint density at radius 1 is 1.09 bits per heavy atom. The Hall–Kier alpha value is -2.10. The van der Waals surface area contributed by atoms with Crippen LogP contribution in [0.15, 0.2) is 48.7 Å². The Morgan fingerprint density at radius 3 is 2.59 bits per heavy atom. The summed E-state index contributed by atoms with van der Waals surface area (Å²) in [4.78, 5) is 22.6. The summed E-state index contributed by atoms with van der Waals surface area (Å²) in [6.45, 7) is 0.531. The van der Waals surface area contributed by atoms with Gasteiger partial charge in [0.15, 0.2) is 6.29 Å². The molecule has 0 N–H and O–H groups in total. The zero-order chi connectivity index (χ0) is 15.7. The molecule has 22 heavy (non-hydrogen) atoms. The first-order chi connectivity index (χ1) is 10.6. The van der Waals surface area contributed by atoms with Crippen LogP contribution >= 0.6 is 23.2 Å². The van der Waals surface area contributed by atoms with Gasteiger partial charge in [0.2, 0.25) is 5.78 Å². The highest BCUT2D eigenvalue weighted by atomic mass is 35.5. The maximum Gasteiger partial charge on any atom is 0.227 e. The van der Waals surface area contributed by atoms with Crippen molar-refractivity contribution in [1.29, 1.82) is 0 Å². The van der Waals surface area contributed by atoms with Crippen molar-refractivity contribution >= 4 is 46.2 Å². The Morgan fingerprint density at radius 2 is 1.86 bits per heavy atom. The quantitative estimate of drug-likeness (QED) is 0.404. The molecular formula is C17H11Cl2NO2. The van der Waals surface area contributed by atoms with Gasteiger partial charge in [-0.2, -0.15) is 0 Å². The molecule has 0 spiro atoms. The zero-order valence-electron chi connectivity index (χ0n) is 11.4. The summed E-state index contributed by atoms with van der Waals surface area (Å²) < 4.78 is 1.92. The third-order valence-corrected chi connectivity index (χ3v) is 4.24. The van der Waals surface area contributed by atoms with E-state index in [1.807, 2.05) is 34.9 Å². The lowest BCUT2D eigenvalue weighted by Gasteiger charge is -2.06. The van der Waals surface area contributed by atoms with Crippen LogP contribution in [0.5, 0.6) is 0 Å². The Bertz CT molecular complexity index is 883.